The number of furan rings is 1. The van der Waals surface area contributed by atoms with Gasteiger partial charge in [-0.3, -0.25) is 0 Å². The van der Waals surface area contributed by atoms with Crippen molar-refractivity contribution in [2.24, 2.45) is 0 Å². The summed E-state index contributed by atoms with van der Waals surface area (Å²) in [5.74, 6) is 0.947. The molecule has 4 rings (SSSR count). The van der Waals surface area contributed by atoms with E-state index in [1.54, 1.807) is 11.3 Å². The predicted octanol–water partition coefficient (Wildman–Crippen LogP) is 4.71. The van der Waals surface area contributed by atoms with Gasteiger partial charge in [-0.25, -0.2) is 0 Å². The fourth-order valence-corrected chi connectivity index (χ4v) is 3.88. The molecule has 4 aromatic rings. The van der Waals surface area contributed by atoms with Crippen molar-refractivity contribution in [2.45, 2.75) is 13.3 Å². The van der Waals surface area contributed by atoms with Crippen LogP contribution in [0.1, 0.15) is 16.9 Å². The number of hydrogen-bond donors (Lipinski definition) is 2. The van der Waals surface area contributed by atoms with Gasteiger partial charge >= 0.3 is 0 Å². The molecular formula is C18H16N2OS. The normalized spacial score (nSPS) is 11.5. The van der Waals surface area contributed by atoms with Crippen molar-refractivity contribution in [3.05, 3.63) is 58.7 Å². The Labute approximate surface area is 132 Å². The molecule has 4 N–H and O–H groups in total. The number of hydrogen-bond acceptors (Lipinski definition) is 4. The Hall–Kier alpha value is -2.46. The lowest BCUT2D eigenvalue weighted by molar-refractivity contribution is 0.559. The van der Waals surface area contributed by atoms with Gasteiger partial charge in [-0.15, -0.1) is 11.3 Å². The van der Waals surface area contributed by atoms with Crippen molar-refractivity contribution < 1.29 is 4.42 Å². The maximum atomic E-state index is 6.15. The van der Waals surface area contributed by atoms with Gasteiger partial charge in [0.15, 0.2) is 0 Å². The Balaban J connectivity index is 1.82. The van der Waals surface area contributed by atoms with E-state index in [1.165, 1.54) is 4.70 Å². The van der Waals surface area contributed by atoms with E-state index in [0.717, 1.165) is 51.0 Å². The summed E-state index contributed by atoms with van der Waals surface area (Å²) in [4.78, 5) is 0. The molecule has 0 atom stereocenters. The zero-order valence-corrected chi connectivity index (χ0v) is 13.0. The number of anilines is 2. The van der Waals surface area contributed by atoms with Gasteiger partial charge in [0.25, 0.3) is 0 Å². The number of aryl methyl sites for hydroxylation is 1. The smallest absolute Gasteiger partial charge is 0.136 e. The maximum Gasteiger partial charge on any atom is 0.136 e. The highest BCUT2D eigenvalue weighted by molar-refractivity contribution is 7.17. The van der Waals surface area contributed by atoms with Crippen LogP contribution in [0, 0.1) is 6.92 Å². The van der Waals surface area contributed by atoms with Crippen LogP contribution in [0.25, 0.3) is 21.1 Å². The summed E-state index contributed by atoms with van der Waals surface area (Å²) in [6.45, 7) is 2.06. The van der Waals surface area contributed by atoms with Crippen molar-refractivity contribution >= 4 is 43.8 Å². The summed E-state index contributed by atoms with van der Waals surface area (Å²) in [6.07, 6.45) is 0.720. The topological polar surface area (TPSA) is 65.2 Å². The van der Waals surface area contributed by atoms with Crippen LogP contribution >= 0.6 is 11.3 Å². The predicted molar refractivity (Wildman–Crippen MR) is 94.4 cm³/mol. The van der Waals surface area contributed by atoms with E-state index >= 15 is 0 Å². The van der Waals surface area contributed by atoms with Crippen LogP contribution < -0.4 is 11.5 Å². The van der Waals surface area contributed by atoms with Crippen LogP contribution in [-0.2, 0) is 6.42 Å². The molecule has 0 saturated carbocycles. The van der Waals surface area contributed by atoms with Crippen LogP contribution in [0.15, 0.2) is 46.2 Å². The van der Waals surface area contributed by atoms with Crippen molar-refractivity contribution in [2.75, 3.05) is 11.5 Å². The van der Waals surface area contributed by atoms with Crippen molar-refractivity contribution in [1.82, 2.24) is 0 Å². The van der Waals surface area contributed by atoms with Gasteiger partial charge < -0.3 is 15.9 Å². The molecule has 0 aliphatic heterocycles. The number of nitrogens with two attached hydrogens (primary N) is 2. The van der Waals surface area contributed by atoms with E-state index in [2.05, 4.69) is 24.4 Å². The molecule has 0 spiro atoms. The summed E-state index contributed by atoms with van der Waals surface area (Å²) < 4.78 is 7.21. The number of benzene rings is 2. The Morgan fingerprint density at radius 1 is 1.09 bits per heavy atom. The fourth-order valence-electron chi connectivity index (χ4n) is 3.00. The minimum atomic E-state index is 0.720. The Bertz CT molecular complexity index is 997. The first-order chi connectivity index (χ1) is 10.6. The molecule has 0 saturated heterocycles. The summed E-state index contributed by atoms with van der Waals surface area (Å²) in [5, 5.41) is 4.21. The Morgan fingerprint density at radius 3 is 2.77 bits per heavy atom. The highest BCUT2D eigenvalue weighted by Crippen LogP contribution is 2.33. The SMILES string of the molecule is Cc1c(Cc2cc(N)c3ccsc3c2)oc2cccc(N)c12. The van der Waals surface area contributed by atoms with Gasteiger partial charge in [-0.05, 0) is 48.2 Å². The van der Waals surface area contributed by atoms with Gasteiger partial charge in [0.2, 0.25) is 0 Å². The lowest BCUT2D eigenvalue weighted by Gasteiger charge is -2.04. The largest absolute Gasteiger partial charge is 0.460 e. The Kier molecular flexibility index (Phi) is 2.87. The quantitative estimate of drug-likeness (QED) is 0.527. The molecule has 22 heavy (non-hydrogen) atoms. The number of fused-ring (bicyclic) bond motifs is 2. The average Bonchev–Trinajstić information content (AvgIpc) is 3.06. The zero-order valence-electron chi connectivity index (χ0n) is 12.2. The number of nitrogen functional groups attached to an aromatic ring is 2. The fraction of sp³-hybridized carbons (Fsp3) is 0.111. The molecule has 2 aromatic heterocycles. The van der Waals surface area contributed by atoms with E-state index < -0.39 is 0 Å². The molecule has 0 aliphatic carbocycles. The molecule has 2 aromatic carbocycles. The van der Waals surface area contributed by atoms with Gasteiger partial charge in [0, 0.05) is 38.8 Å². The van der Waals surface area contributed by atoms with E-state index in [-0.39, 0.29) is 0 Å². The lowest BCUT2D eigenvalue weighted by Crippen LogP contribution is -1.92. The van der Waals surface area contributed by atoms with Crippen molar-refractivity contribution in [1.29, 1.82) is 0 Å². The van der Waals surface area contributed by atoms with Crippen LogP contribution in [0.3, 0.4) is 0 Å². The zero-order chi connectivity index (χ0) is 15.3. The van der Waals surface area contributed by atoms with Crippen LogP contribution in [0.4, 0.5) is 11.4 Å². The molecule has 3 nitrogen and oxygen atoms in total. The monoisotopic (exact) mass is 308 g/mol. The highest BCUT2D eigenvalue weighted by atomic mass is 32.1. The van der Waals surface area contributed by atoms with E-state index in [4.69, 9.17) is 15.9 Å². The first-order valence-electron chi connectivity index (χ1n) is 7.15. The highest BCUT2D eigenvalue weighted by Gasteiger charge is 2.14. The number of rotatable bonds is 2. The number of thiophene rings is 1. The second-order valence-corrected chi connectivity index (χ2v) is 6.51. The van der Waals surface area contributed by atoms with E-state index in [1.807, 2.05) is 24.3 Å². The molecule has 0 radical (unpaired) electrons. The second kappa shape index (κ2) is 4.78. The second-order valence-electron chi connectivity index (χ2n) is 5.56. The summed E-state index contributed by atoms with van der Waals surface area (Å²) in [7, 11) is 0. The van der Waals surface area contributed by atoms with Crippen LogP contribution in [0.5, 0.6) is 0 Å². The summed E-state index contributed by atoms with van der Waals surface area (Å²) in [5.41, 5.74) is 16.9. The third-order valence-electron chi connectivity index (χ3n) is 4.11. The molecule has 0 amide bonds. The molecule has 0 unspecified atom stereocenters. The van der Waals surface area contributed by atoms with Gasteiger partial charge in [0.05, 0.1) is 0 Å². The minimum Gasteiger partial charge on any atom is -0.460 e. The van der Waals surface area contributed by atoms with E-state index in [0.29, 0.717) is 0 Å². The minimum absolute atomic E-state index is 0.720. The summed E-state index contributed by atoms with van der Waals surface area (Å²) >= 11 is 1.71. The first-order valence-corrected chi connectivity index (χ1v) is 8.03. The third kappa shape index (κ3) is 1.96. The van der Waals surface area contributed by atoms with Crippen molar-refractivity contribution in [3.8, 4) is 0 Å². The van der Waals surface area contributed by atoms with Gasteiger partial charge in [-0.1, -0.05) is 6.07 Å². The first kappa shape index (κ1) is 13.2. The summed E-state index contributed by atoms with van der Waals surface area (Å²) in [6, 6.07) is 12.1. The average molecular weight is 308 g/mol. The van der Waals surface area contributed by atoms with Crippen LogP contribution in [-0.4, -0.2) is 0 Å². The molecular weight excluding hydrogens is 292 g/mol. The third-order valence-corrected chi connectivity index (χ3v) is 4.98. The molecule has 0 fully saturated rings. The molecule has 4 heteroatoms. The van der Waals surface area contributed by atoms with Crippen LogP contribution in [0.2, 0.25) is 0 Å². The molecule has 0 bridgehead atoms. The van der Waals surface area contributed by atoms with Crippen molar-refractivity contribution in [3.63, 3.8) is 0 Å². The lowest BCUT2D eigenvalue weighted by atomic mass is 10.0. The van der Waals surface area contributed by atoms with Gasteiger partial charge in [-0.2, -0.15) is 0 Å². The molecule has 110 valence electrons. The molecule has 2 heterocycles. The standard InChI is InChI=1S/C18H16N2OS/c1-10-16(21-15-4-2-3-13(19)18(10)15)8-11-7-14(20)12-5-6-22-17(12)9-11/h2-7,9H,8,19-20H2,1H3. The molecule has 0 aliphatic rings. The van der Waals surface area contributed by atoms with E-state index in [9.17, 15) is 0 Å². The Morgan fingerprint density at radius 2 is 1.95 bits per heavy atom. The van der Waals surface area contributed by atoms with Gasteiger partial charge in [0.1, 0.15) is 11.3 Å². The maximum absolute atomic E-state index is 6.15.